The molecule has 1 heterocycles. The SMILES string of the molecule is CC(N)CNc1nc[nH]c(=O)c1I. The van der Waals surface area contributed by atoms with Crippen LogP contribution in [0.5, 0.6) is 0 Å². The van der Waals surface area contributed by atoms with Crippen LogP contribution in [0.1, 0.15) is 6.92 Å². The first-order valence-corrected chi connectivity index (χ1v) is 4.91. The Bertz CT molecular complexity index is 336. The van der Waals surface area contributed by atoms with Gasteiger partial charge in [-0.1, -0.05) is 0 Å². The van der Waals surface area contributed by atoms with Crippen molar-refractivity contribution in [2.75, 3.05) is 11.9 Å². The van der Waals surface area contributed by atoms with Gasteiger partial charge in [-0.05, 0) is 29.5 Å². The summed E-state index contributed by atoms with van der Waals surface area (Å²) >= 11 is 1.94. The molecule has 0 aromatic carbocycles. The van der Waals surface area contributed by atoms with Crippen molar-refractivity contribution in [3.05, 3.63) is 20.3 Å². The van der Waals surface area contributed by atoms with Crippen molar-refractivity contribution < 1.29 is 0 Å². The molecule has 5 nitrogen and oxygen atoms in total. The molecular formula is C7H11IN4O. The second-order valence-electron chi connectivity index (χ2n) is 2.75. The molecule has 1 aromatic rings. The van der Waals surface area contributed by atoms with Gasteiger partial charge in [-0.2, -0.15) is 0 Å². The van der Waals surface area contributed by atoms with E-state index in [1.54, 1.807) is 0 Å². The Labute approximate surface area is 89.3 Å². The van der Waals surface area contributed by atoms with Crippen LogP contribution in [-0.2, 0) is 0 Å². The highest BCUT2D eigenvalue weighted by Gasteiger charge is 2.04. The molecule has 0 spiro atoms. The second kappa shape index (κ2) is 4.56. The molecule has 6 heteroatoms. The van der Waals surface area contributed by atoms with E-state index in [0.717, 1.165) is 0 Å². The summed E-state index contributed by atoms with van der Waals surface area (Å²) in [6, 6.07) is 0.0388. The Kier molecular flexibility index (Phi) is 3.67. The number of anilines is 1. The summed E-state index contributed by atoms with van der Waals surface area (Å²) in [5.41, 5.74) is 5.41. The largest absolute Gasteiger partial charge is 0.367 e. The maximum Gasteiger partial charge on any atom is 0.266 e. The molecule has 0 radical (unpaired) electrons. The van der Waals surface area contributed by atoms with Crippen LogP contribution in [0, 0.1) is 3.57 Å². The normalized spacial score (nSPS) is 12.5. The van der Waals surface area contributed by atoms with Crippen LogP contribution >= 0.6 is 22.6 Å². The predicted octanol–water partition coefficient (Wildman–Crippen LogP) is 0.134. The smallest absolute Gasteiger partial charge is 0.266 e. The Morgan fingerprint density at radius 2 is 2.54 bits per heavy atom. The lowest BCUT2D eigenvalue weighted by Gasteiger charge is -2.08. The van der Waals surface area contributed by atoms with Crippen molar-refractivity contribution in [1.82, 2.24) is 9.97 Å². The summed E-state index contributed by atoms with van der Waals surface area (Å²) in [5.74, 6) is 0.585. The van der Waals surface area contributed by atoms with E-state index in [-0.39, 0.29) is 11.6 Å². The molecule has 0 bridgehead atoms. The molecule has 0 saturated heterocycles. The average molecular weight is 294 g/mol. The summed E-state index contributed by atoms with van der Waals surface area (Å²) in [6.45, 7) is 2.49. The van der Waals surface area contributed by atoms with Crippen molar-refractivity contribution >= 4 is 28.4 Å². The zero-order valence-electron chi connectivity index (χ0n) is 7.17. The third-order valence-electron chi connectivity index (χ3n) is 1.39. The summed E-state index contributed by atoms with van der Waals surface area (Å²) in [6.07, 6.45) is 1.37. The van der Waals surface area contributed by atoms with E-state index in [4.69, 9.17) is 5.73 Å². The minimum atomic E-state index is -0.136. The van der Waals surface area contributed by atoms with E-state index >= 15 is 0 Å². The minimum absolute atomic E-state index is 0.0388. The zero-order valence-corrected chi connectivity index (χ0v) is 9.33. The highest BCUT2D eigenvalue weighted by molar-refractivity contribution is 14.1. The van der Waals surface area contributed by atoms with E-state index in [1.165, 1.54) is 6.33 Å². The number of nitrogens with zero attached hydrogens (tertiary/aromatic N) is 1. The van der Waals surface area contributed by atoms with E-state index in [1.807, 2.05) is 29.5 Å². The fourth-order valence-electron chi connectivity index (χ4n) is 0.764. The van der Waals surface area contributed by atoms with Gasteiger partial charge in [0.2, 0.25) is 0 Å². The van der Waals surface area contributed by atoms with Crippen LogP contribution in [0.15, 0.2) is 11.1 Å². The van der Waals surface area contributed by atoms with Gasteiger partial charge in [0.05, 0.1) is 6.33 Å². The first-order chi connectivity index (χ1) is 6.11. The van der Waals surface area contributed by atoms with Gasteiger partial charge in [-0.3, -0.25) is 4.79 Å². The van der Waals surface area contributed by atoms with Crippen LogP contribution < -0.4 is 16.6 Å². The monoisotopic (exact) mass is 294 g/mol. The molecule has 72 valence electrons. The summed E-state index contributed by atoms with van der Waals surface area (Å²) < 4.78 is 0.556. The van der Waals surface area contributed by atoms with Crippen molar-refractivity contribution in [2.45, 2.75) is 13.0 Å². The number of halogens is 1. The Morgan fingerprint density at radius 3 is 3.15 bits per heavy atom. The van der Waals surface area contributed by atoms with Gasteiger partial charge in [0.15, 0.2) is 0 Å². The fraction of sp³-hybridized carbons (Fsp3) is 0.429. The van der Waals surface area contributed by atoms with E-state index in [9.17, 15) is 4.79 Å². The fourth-order valence-corrected chi connectivity index (χ4v) is 1.25. The van der Waals surface area contributed by atoms with Crippen LogP contribution in [0.3, 0.4) is 0 Å². The topological polar surface area (TPSA) is 83.8 Å². The number of hydrogen-bond acceptors (Lipinski definition) is 4. The maximum atomic E-state index is 11.1. The van der Waals surface area contributed by atoms with Crippen LogP contribution in [0.2, 0.25) is 0 Å². The molecule has 13 heavy (non-hydrogen) atoms. The van der Waals surface area contributed by atoms with E-state index in [2.05, 4.69) is 15.3 Å². The summed E-state index contributed by atoms with van der Waals surface area (Å²) in [7, 11) is 0. The lowest BCUT2D eigenvalue weighted by Crippen LogP contribution is -2.27. The molecule has 1 rings (SSSR count). The molecule has 0 aliphatic rings. The highest BCUT2D eigenvalue weighted by atomic mass is 127. The number of nitrogens with one attached hydrogen (secondary N) is 2. The highest BCUT2D eigenvalue weighted by Crippen LogP contribution is 2.07. The van der Waals surface area contributed by atoms with Crippen molar-refractivity contribution in [1.29, 1.82) is 0 Å². The van der Waals surface area contributed by atoms with Gasteiger partial charge in [-0.25, -0.2) is 4.98 Å². The first-order valence-electron chi connectivity index (χ1n) is 3.84. The molecule has 0 aliphatic heterocycles. The third-order valence-corrected chi connectivity index (χ3v) is 2.39. The molecule has 0 amide bonds. The first kappa shape index (κ1) is 10.5. The van der Waals surface area contributed by atoms with Crippen LogP contribution in [0.25, 0.3) is 0 Å². The number of hydrogen-bond donors (Lipinski definition) is 3. The van der Waals surface area contributed by atoms with Gasteiger partial charge in [-0.15, -0.1) is 0 Å². The quantitative estimate of drug-likeness (QED) is 0.692. The van der Waals surface area contributed by atoms with Gasteiger partial charge >= 0.3 is 0 Å². The van der Waals surface area contributed by atoms with Gasteiger partial charge < -0.3 is 16.0 Å². The number of aromatic amines is 1. The Morgan fingerprint density at radius 1 is 1.85 bits per heavy atom. The molecular weight excluding hydrogens is 283 g/mol. The van der Waals surface area contributed by atoms with Gasteiger partial charge in [0.25, 0.3) is 5.56 Å². The maximum absolute atomic E-state index is 11.1. The standard InChI is InChI=1S/C7H11IN4O/c1-4(9)2-10-6-5(8)7(13)12-3-11-6/h3-4H,2,9H2,1H3,(H2,10,11,12,13). The molecule has 4 N–H and O–H groups in total. The average Bonchev–Trinajstić information content (AvgIpc) is 2.07. The van der Waals surface area contributed by atoms with Crippen LogP contribution in [0.4, 0.5) is 5.82 Å². The summed E-state index contributed by atoms with van der Waals surface area (Å²) in [4.78, 5) is 17.6. The Balaban J connectivity index is 2.77. The van der Waals surface area contributed by atoms with E-state index < -0.39 is 0 Å². The second-order valence-corrected chi connectivity index (χ2v) is 3.83. The molecule has 0 aliphatic carbocycles. The lowest BCUT2D eigenvalue weighted by molar-refractivity contribution is 0.776. The van der Waals surface area contributed by atoms with Gasteiger partial charge in [0, 0.05) is 12.6 Å². The number of H-pyrrole nitrogens is 1. The predicted molar refractivity (Wildman–Crippen MR) is 59.7 cm³/mol. The lowest BCUT2D eigenvalue weighted by atomic mass is 10.3. The number of aromatic nitrogens is 2. The number of rotatable bonds is 3. The van der Waals surface area contributed by atoms with Crippen LogP contribution in [-0.4, -0.2) is 22.6 Å². The molecule has 1 aromatic heterocycles. The molecule has 1 atom stereocenters. The third kappa shape index (κ3) is 2.96. The van der Waals surface area contributed by atoms with Crippen molar-refractivity contribution in [3.63, 3.8) is 0 Å². The van der Waals surface area contributed by atoms with Gasteiger partial charge in [0.1, 0.15) is 9.39 Å². The van der Waals surface area contributed by atoms with Crippen molar-refractivity contribution in [2.24, 2.45) is 5.73 Å². The Hall–Kier alpha value is -0.630. The zero-order chi connectivity index (χ0) is 9.84. The molecule has 1 unspecified atom stereocenters. The molecule has 0 saturated carbocycles. The summed E-state index contributed by atoms with van der Waals surface area (Å²) in [5, 5.41) is 2.99. The number of nitrogens with two attached hydrogens (primary N) is 1. The van der Waals surface area contributed by atoms with Crippen molar-refractivity contribution in [3.8, 4) is 0 Å². The molecule has 0 fully saturated rings. The van der Waals surface area contributed by atoms with E-state index in [0.29, 0.717) is 15.9 Å². The minimum Gasteiger partial charge on any atom is -0.367 e.